The average molecular weight is 366 g/mol. The van der Waals surface area contributed by atoms with Crippen LogP contribution in [0.4, 0.5) is 0 Å². The molecule has 0 spiro atoms. The summed E-state index contributed by atoms with van der Waals surface area (Å²) in [6.07, 6.45) is 4.50. The lowest BCUT2D eigenvalue weighted by Crippen LogP contribution is -2.23. The predicted molar refractivity (Wildman–Crippen MR) is 99.9 cm³/mol. The lowest BCUT2D eigenvalue weighted by Gasteiger charge is -2.09. The maximum absolute atomic E-state index is 12.4. The molecule has 0 aliphatic carbocycles. The smallest absolute Gasteiger partial charge is 0.207 e. The summed E-state index contributed by atoms with van der Waals surface area (Å²) in [5.74, 6) is 0. The van der Waals surface area contributed by atoms with Crippen LogP contribution in [0.25, 0.3) is 0 Å². The van der Waals surface area contributed by atoms with Crippen LogP contribution in [0.5, 0.6) is 0 Å². The third-order valence-corrected chi connectivity index (χ3v) is 5.83. The van der Waals surface area contributed by atoms with E-state index in [9.17, 15) is 8.42 Å². The number of halogens is 1. The van der Waals surface area contributed by atoms with E-state index in [4.69, 9.17) is 11.6 Å². The zero-order valence-electron chi connectivity index (χ0n) is 14.2. The third-order valence-electron chi connectivity index (χ3n) is 4.01. The van der Waals surface area contributed by atoms with Gasteiger partial charge in [0.1, 0.15) is 0 Å². The summed E-state index contributed by atoms with van der Waals surface area (Å²) in [4.78, 5) is 0.292. The zero-order valence-corrected chi connectivity index (χ0v) is 15.8. The van der Waals surface area contributed by atoms with Crippen LogP contribution in [0, 0.1) is 6.92 Å². The fourth-order valence-electron chi connectivity index (χ4n) is 2.42. The molecule has 5 heteroatoms. The highest BCUT2D eigenvalue weighted by Crippen LogP contribution is 2.18. The van der Waals surface area contributed by atoms with E-state index < -0.39 is 10.0 Å². The van der Waals surface area contributed by atoms with Crippen LogP contribution in [0.15, 0.2) is 47.4 Å². The van der Waals surface area contributed by atoms with E-state index >= 15 is 0 Å². The van der Waals surface area contributed by atoms with Crippen molar-refractivity contribution in [1.82, 2.24) is 4.72 Å². The highest BCUT2D eigenvalue weighted by Gasteiger charge is 2.13. The van der Waals surface area contributed by atoms with E-state index in [0.29, 0.717) is 9.92 Å². The minimum atomic E-state index is -3.52. The fraction of sp³-hybridized carbons (Fsp3) is 0.368. The van der Waals surface area contributed by atoms with Crippen molar-refractivity contribution in [3.63, 3.8) is 0 Å². The van der Waals surface area contributed by atoms with Crippen LogP contribution < -0.4 is 4.72 Å². The molecule has 0 saturated heterocycles. The fourth-order valence-corrected chi connectivity index (χ4v) is 3.64. The van der Waals surface area contributed by atoms with Crippen molar-refractivity contribution in [1.29, 1.82) is 0 Å². The van der Waals surface area contributed by atoms with Crippen molar-refractivity contribution >= 4 is 21.6 Å². The molecule has 0 bridgehead atoms. The van der Waals surface area contributed by atoms with Crippen LogP contribution in [0.3, 0.4) is 0 Å². The summed E-state index contributed by atoms with van der Waals surface area (Å²) in [6.45, 7) is 4.31. The summed E-state index contributed by atoms with van der Waals surface area (Å²) in [7, 11) is -3.52. The second kappa shape index (κ2) is 8.65. The van der Waals surface area contributed by atoms with E-state index in [1.165, 1.54) is 18.4 Å². The maximum atomic E-state index is 12.4. The molecular weight excluding hydrogens is 342 g/mol. The number of hydrogen-bond acceptors (Lipinski definition) is 2. The highest BCUT2D eigenvalue weighted by molar-refractivity contribution is 7.89. The first kappa shape index (κ1) is 19.0. The minimum absolute atomic E-state index is 0.223. The first-order valence-electron chi connectivity index (χ1n) is 8.26. The van der Waals surface area contributed by atoms with Gasteiger partial charge in [-0.05, 0) is 54.7 Å². The Labute approximate surface area is 150 Å². The van der Waals surface area contributed by atoms with E-state index in [2.05, 4.69) is 11.6 Å². The molecule has 0 radical (unpaired) electrons. The number of rotatable bonds is 8. The molecule has 3 nitrogen and oxygen atoms in total. The molecule has 2 aromatic rings. The van der Waals surface area contributed by atoms with Gasteiger partial charge in [-0.1, -0.05) is 55.6 Å². The molecule has 0 heterocycles. The van der Waals surface area contributed by atoms with Crippen LogP contribution in [0.1, 0.15) is 42.9 Å². The Kier molecular flexibility index (Phi) is 6.84. The molecule has 2 aromatic carbocycles. The molecule has 0 saturated carbocycles. The first-order valence-corrected chi connectivity index (χ1v) is 10.1. The largest absolute Gasteiger partial charge is 0.240 e. The lowest BCUT2D eigenvalue weighted by molar-refractivity contribution is 0.581. The first-order chi connectivity index (χ1) is 11.4. The molecule has 0 aliphatic heterocycles. The van der Waals surface area contributed by atoms with Crippen molar-refractivity contribution < 1.29 is 8.42 Å². The molecule has 1 N–H and O–H groups in total. The molecule has 0 aliphatic rings. The molecule has 24 heavy (non-hydrogen) atoms. The van der Waals surface area contributed by atoms with Gasteiger partial charge in [0, 0.05) is 11.6 Å². The van der Waals surface area contributed by atoms with Crippen LogP contribution >= 0.6 is 11.6 Å². The summed E-state index contributed by atoms with van der Waals surface area (Å²) in [6, 6.07) is 12.7. The summed E-state index contributed by atoms with van der Waals surface area (Å²) < 4.78 is 27.4. The number of hydrogen-bond donors (Lipinski definition) is 1. The van der Waals surface area contributed by atoms with Crippen molar-refractivity contribution in [3.05, 3.63) is 64.2 Å². The van der Waals surface area contributed by atoms with Crippen LogP contribution in [0.2, 0.25) is 5.02 Å². The van der Waals surface area contributed by atoms with Crippen molar-refractivity contribution in [2.75, 3.05) is 0 Å². The average Bonchev–Trinajstić information content (AvgIpc) is 2.57. The van der Waals surface area contributed by atoms with Gasteiger partial charge in [0.25, 0.3) is 0 Å². The van der Waals surface area contributed by atoms with Gasteiger partial charge in [0.05, 0.1) is 4.90 Å². The predicted octanol–water partition coefficient (Wildman–Crippen LogP) is 4.86. The molecule has 130 valence electrons. The number of nitrogens with one attached hydrogen (secondary N) is 1. The molecule has 0 atom stereocenters. The molecule has 0 unspecified atom stereocenters. The standard InChI is InChI=1S/C19H24ClNO2S/c1-3-4-5-6-16-9-11-18(12-10-16)24(22,23)21-14-17-8-7-15(2)19(20)13-17/h7-13,21H,3-6,14H2,1-2H3. The monoisotopic (exact) mass is 365 g/mol. The number of benzene rings is 2. The van der Waals surface area contributed by atoms with E-state index in [0.717, 1.165) is 24.0 Å². The maximum Gasteiger partial charge on any atom is 0.240 e. The Bertz CT molecular complexity index is 770. The molecule has 0 amide bonds. The van der Waals surface area contributed by atoms with Gasteiger partial charge < -0.3 is 0 Å². The molecule has 2 rings (SSSR count). The van der Waals surface area contributed by atoms with Gasteiger partial charge in [0.2, 0.25) is 10.0 Å². The van der Waals surface area contributed by atoms with Gasteiger partial charge in [0.15, 0.2) is 0 Å². The number of aryl methyl sites for hydroxylation is 2. The van der Waals surface area contributed by atoms with Gasteiger partial charge in [-0.2, -0.15) is 0 Å². The van der Waals surface area contributed by atoms with Gasteiger partial charge >= 0.3 is 0 Å². The van der Waals surface area contributed by atoms with Gasteiger partial charge in [-0.15, -0.1) is 0 Å². The zero-order chi connectivity index (χ0) is 17.6. The normalized spacial score (nSPS) is 11.6. The highest BCUT2D eigenvalue weighted by atomic mass is 35.5. The van der Waals surface area contributed by atoms with Crippen LogP contribution in [-0.4, -0.2) is 8.42 Å². The summed E-state index contributed by atoms with van der Waals surface area (Å²) >= 11 is 6.07. The minimum Gasteiger partial charge on any atom is -0.207 e. The topological polar surface area (TPSA) is 46.2 Å². The van der Waals surface area contributed by atoms with Crippen molar-refractivity contribution in [2.24, 2.45) is 0 Å². The Morgan fingerprint density at radius 1 is 1.00 bits per heavy atom. The Hall–Kier alpha value is -1.36. The second-order valence-corrected chi connectivity index (χ2v) is 8.18. The molecular formula is C19H24ClNO2S. The lowest BCUT2D eigenvalue weighted by atomic mass is 10.1. The van der Waals surface area contributed by atoms with Gasteiger partial charge in [-0.3, -0.25) is 0 Å². The Morgan fingerprint density at radius 3 is 2.29 bits per heavy atom. The van der Waals surface area contributed by atoms with E-state index in [1.807, 2.05) is 31.2 Å². The van der Waals surface area contributed by atoms with Crippen molar-refractivity contribution in [3.8, 4) is 0 Å². The van der Waals surface area contributed by atoms with E-state index in [1.54, 1.807) is 18.2 Å². The third kappa shape index (κ3) is 5.33. The number of unbranched alkanes of at least 4 members (excludes halogenated alkanes) is 2. The summed E-state index contributed by atoms with van der Waals surface area (Å²) in [5.41, 5.74) is 2.99. The van der Waals surface area contributed by atoms with Gasteiger partial charge in [-0.25, -0.2) is 13.1 Å². The quantitative estimate of drug-likeness (QED) is 0.679. The summed E-state index contributed by atoms with van der Waals surface area (Å²) in [5, 5.41) is 0.642. The Balaban J connectivity index is 2.00. The van der Waals surface area contributed by atoms with Crippen molar-refractivity contribution in [2.45, 2.75) is 51.0 Å². The number of sulfonamides is 1. The Morgan fingerprint density at radius 2 is 1.67 bits per heavy atom. The second-order valence-electron chi connectivity index (χ2n) is 6.01. The molecule has 0 fully saturated rings. The molecule has 0 aromatic heterocycles. The SMILES string of the molecule is CCCCCc1ccc(S(=O)(=O)NCc2ccc(C)c(Cl)c2)cc1. The van der Waals surface area contributed by atoms with E-state index in [-0.39, 0.29) is 6.54 Å². The van der Waals surface area contributed by atoms with Crippen LogP contribution in [-0.2, 0) is 23.0 Å².